The molecule has 29 heavy (non-hydrogen) atoms. The van der Waals surface area contributed by atoms with Crippen LogP contribution in [-0.2, 0) is 16.0 Å². The molecule has 2 unspecified atom stereocenters. The van der Waals surface area contributed by atoms with Gasteiger partial charge in [-0.05, 0) is 30.5 Å². The first kappa shape index (κ1) is 19.4. The highest BCUT2D eigenvalue weighted by Crippen LogP contribution is 2.43. The van der Waals surface area contributed by atoms with Gasteiger partial charge < -0.3 is 18.9 Å². The molecule has 8 heteroatoms. The largest absolute Gasteiger partial charge is 0.573 e. The zero-order chi connectivity index (χ0) is 20.6. The molecule has 154 valence electrons. The zero-order valence-corrected chi connectivity index (χ0v) is 15.6. The molecular formula is C21H19F3O5. The van der Waals surface area contributed by atoms with Crippen molar-refractivity contribution in [3.63, 3.8) is 0 Å². The summed E-state index contributed by atoms with van der Waals surface area (Å²) in [6.45, 7) is 0.387. The summed E-state index contributed by atoms with van der Waals surface area (Å²) in [6, 6.07) is 9.99. The van der Waals surface area contributed by atoms with Crippen LogP contribution in [0.15, 0.2) is 36.4 Å². The summed E-state index contributed by atoms with van der Waals surface area (Å²) in [5.41, 5.74) is 2.12. The predicted octanol–water partition coefficient (Wildman–Crippen LogP) is 4.69. The van der Waals surface area contributed by atoms with Crippen LogP contribution in [0.4, 0.5) is 13.2 Å². The van der Waals surface area contributed by atoms with Crippen molar-refractivity contribution in [2.24, 2.45) is 0 Å². The fraction of sp³-hybridized carbons (Fsp3) is 0.381. The lowest BCUT2D eigenvalue weighted by molar-refractivity contribution is -0.274. The molecule has 2 aromatic rings. The Hall–Kier alpha value is -2.90. The second-order valence-corrected chi connectivity index (χ2v) is 7.00. The topological polar surface area (TPSA) is 54.0 Å². The van der Waals surface area contributed by atoms with Gasteiger partial charge in [0.1, 0.15) is 23.4 Å². The molecule has 1 aliphatic heterocycles. The number of carbonyl (C=O) groups excluding carboxylic acids is 1. The van der Waals surface area contributed by atoms with Gasteiger partial charge in [-0.15, -0.1) is 13.2 Å². The van der Waals surface area contributed by atoms with Gasteiger partial charge in [0.05, 0.1) is 20.1 Å². The number of hydrogen-bond donors (Lipinski definition) is 0. The van der Waals surface area contributed by atoms with Gasteiger partial charge in [-0.3, -0.25) is 4.79 Å². The molecule has 0 aromatic heterocycles. The Kier molecular flexibility index (Phi) is 5.02. The molecule has 2 aliphatic rings. The van der Waals surface area contributed by atoms with Crippen molar-refractivity contribution in [2.75, 3.05) is 13.7 Å². The maximum Gasteiger partial charge on any atom is 0.573 e. The molecule has 1 heterocycles. The number of fused-ring (bicyclic) bond motifs is 2. The van der Waals surface area contributed by atoms with Crippen molar-refractivity contribution in [1.82, 2.24) is 0 Å². The highest BCUT2D eigenvalue weighted by Gasteiger charge is 2.35. The van der Waals surface area contributed by atoms with Crippen LogP contribution >= 0.6 is 0 Å². The fourth-order valence-electron chi connectivity index (χ4n) is 3.87. The molecule has 0 N–H and O–H groups in total. The molecule has 0 saturated heterocycles. The standard InChI is InChI=1S/C21H19F3O5/c1-26-20(25)9-12-11-27-19-10-13(5-6-14(12)19)28-17-8-7-16-15(17)3-2-4-18(16)29-21(22,23)24/h2-6,10,12,17H,7-9,11H2,1H3. The number of rotatable bonds is 5. The Morgan fingerprint density at radius 2 is 2.03 bits per heavy atom. The molecule has 0 bridgehead atoms. The van der Waals surface area contributed by atoms with Gasteiger partial charge in [0.15, 0.2) is 0 Å². The quantitative estimate of drug-likeness (QED) is 0.672. The van der Waals surface area contributed by atoms with Crippen LogP contribution in [0.25, 0.3) is 0 Å². The first-order valence-corrected chi connectivity index (χ1v) is 9.22. The average molecular weight is 408 g/mol. The first-order valence-electron chi connectivity index (χ1n) is 9.22. The van der Waals surface area contributed by atoms with E-state index in [1.54, 1.807) is 18.2 Å². The lowest BCUT2D eigenvalue weighted by atomic mass is 9.98. The van der Waals surface area contributed by atoms with Crippen LogP contribution in [0.1, 0.15) is 41.6 Å². The minimum absolute atomic E-state index is 0.0687. The molecule has 5 nitrogen and oxygen atoms in total. The predicted molar refractivity (Wildman–Crippen MR) is 96.1 cm³/mol. The first-order chi connectivity index (χ1) is 13.8. The van der Waals surface area contributed by atoms with Crippen molar-refractivity contribution < 1.29 is 36.9 Å². The highest BCUT2D eigenvalue weighted by molar-refractivity contribution is 5.71. The summed E-state index contributed by atoms with van der Waals surface area (Å²) in [4.78, 5) is 11.5. The normalized spacial score (nSPS) is 19.9. The number of carbonyl (C=O) groups is 1. The molecular weight excluding hydrogens is 389 g/mol. The third-order valence-corrected chi connectivity index (χ3v) is 5.18. The summed E-state index contributed by atoms with van der Waals surface area (Å²) in [7, 11) is 1.35. The molecule has 0 amide bonds. The lowest BCUT2D eigenvalue weighted by Gasteiger charge is -2.17. The van der Waals surface area contributed by atoms with Crippen molar-refractivity contribution in [1.29, 1.82) is 0 Å². The summed E-state index contributed by atoms with van der Waals surface area (Å²) in [6.07, 6.45) is -3.87. The fourth-order valence-corrected chi connectivity index (χ4v) is 3.87. The van der Waals surface area contributed by atoms with Gasteiger partial charge in [0, 0.05) is 23.1 Å². The Bertz CT molecular complexity index is 925. The van der Waals surface area contributed by atoms with Crippen LogP contribution in [0.3, 0.4) is 0 Å². The summed E-state index contributed by atoms with van der Waals surface area (Å²) in [5.74, 6) is 0.655. The highest BCUT2D eigenvalue weighted by atomic mass is 19.4. The van der Waals surface area contributed by atoms with Crippen molar-refractivity contribution in [3.05, 3.63) is 53.1 Å². The van der Waals surface area contributed by atoms with Gasteiger partial charge in [-0.2, -0.15) is 0 Å². The van der Waals surface area contributed by atoms with Crippen LogP contribution in [0.2, 0.25) is 0 Å². The molecule has 0 saturated carbocycles. The van der Waals surface area contributed by atoms with E-state index >= 15 is 0 Å². The van der Waals surface area contributed by atoms with Crippen molar-refractivity contribution in [2.45, 2.75) is 37.6 Å². The monoisotopic (exact) mass is 408 g/mol. The van der Waals surface area contributed by atoms with E-state index in [1.807, 2.05) is 6.07 Å². The average Bonchev–Trinajstić information content (AvgIpc) is 3.25. The summed E-state index contributed by atoms with van der Waals surface area (Å²) < 4.78 is 58.4. The third-order valence-electron chi connectivity index (χ3n) is 5.18. The number of benzene rings is 2. The van der Waals surface area contributed by atoms with Gasteiger partial charge in [-0.25, -0.2) is 0 Å². The van der Waals surface area contributed by atoms with Gasteiger partial charge in [-0.1, -0.05) is 18.2 Å². The number of methoxy groups -OCH3 is 1. The van der Waals surface area contributed by atoms with E-state index in [9.17, 15) is 18.0 Å². The van der Waals surface area contributed by atoms with Crippen LogP contribution < -0.4 is 14.2 Å². The van der Waals surface area contributed by atoms with E-state index in [4.69, 9.17) is 14.2 Å². The minimum Gasteiger partial charge on any atom is -0.492 e. The number of hydrogen-bond acceptors (Lipinski definition) is 5. The minimum atomic E-state index is -4.73. The number of ether oxygens (including phenoxy) is 4. The van der Waals surface area contributed by atoms with Gasteiger partial charge >= 0.3 is 12.3 Å². The van der Waals surface area contributed by atoms with Crippen molar-refractivity contribution >= 4 is 5.97 Å². The molecule has 2 aromatic carbocycles. The van der Waals surface area contributed by atoms with Crippen LogP contribution in [0.5, 0.6) is 17.2 Å². The van der Waals surface area contributed by atoms with E-state index < -0.39 is 6.36 Å². The molecule has 0 radical (unpaired) electrons. The number of esters is 1. The van der Waals surface area contributed by atoms with E-state index in [1.165, 1.54) is 19.2 Å². The SMILES string of the molecule is COC(=O)CC1COc2cc(OC3CCc4c(OC(F)(F)F)cccc43)ccc21. The molecule has 0 fully saturated rings. The van der Waals surface area contributed by atoms with E-state index in [2.05, 4.69) is 4.74 Å². The second kappa shape index (κ2) is 7.50. The van der Waals surface area contributed by atoms with Gasteiger partial charge in [0.25, 0.3) is 0 Å². The summed E-state index contributed by atoms with van der Waals surface area (Å²) in [5, 5.41) is 0. The summed E-state index contributed by atoms with van der Waals surface area (Å²) >= 11 is 0. The van der Waals surface area contributed by atoms with Crippen LogP contribution in [0, 0.1) is 0 Å². The van der Waals surface area contributed by atoms with E-state index in [0.29, 0.717) is 42.1 Å². The Balaban J connectivity index is 1.50. The number of alkyl halides is 3. The Labute approximate surface area is 165 Å². The smallest absolute Gasteiger partial charge is 0.492 e. The zero-order valence-electron chi connectivity index (χ0n) is 15.6. The molecule has 4 rings (SSSR count). The maximum absolute atomic E-state index is 12.6. The number of halogens is 3. The second-order valence-electron chi connectivity index (χ2n) is 7.00. The van der Waals surface area contributed by atoms with E-state index in [0.717, 1.165) is 5.56 Å². The molecule has 2 atom stereocenters. The molecule has 0 spiro atoms. The molecule has 1 aliphatic carbocycles. The third kappa shape index (κ3) is 4.11. The lowest BCUT2D eigenvalue weighted by Crippen LogP contribution is -2.18. The van der Waals surface area contributed by atoms with E-state index in [-0.39, 0.29) is 30.2 Å². The van der Waals surface area contributed by atoms with Crippen LogP contribution in [-0.4, -0.2) is 26.0 Å². The Morgan fingerprint density at radius 3 is 2.79 bits per heavy atom. The van der Waals surface area contributed by atoms with Crippen molar-refractivity contribution in [3.8, 4) is 17.2 Å². The van der Waals surface area contributed by atoms with Gasteiger partial charge in [0.2, 0.25) is 0 Å². The Morgan fingerprint density at radius 1 is 1.21 bits per heavy atom. The maximum atomic E-state index is 12.6.